The topological polar surface area (TPSA) is 30.0 Å². The minimum atomic E-state index is -0.252. The van der Waals surface area contributed by atoms with Crippen LogP contribution in [0.1, 0.15) is 33.5 Å². The van der Waals surface area contributed by atoms with Gasteiger partial charge in [-0.15, -0.1) is 0 Å². The number of halogens is 3. The molecule has 0 atom stereocenters. The number of hydrogen-bond acceptors (Lipinski definition) is 2. The molecule has 0 bridgehead atoms. The highest BCUT2D eigenvalue weighted by Crippen LogP contribution is 2.20. The fourth-order valence-corrected chi connectivity index (χ4v) is 3.86. The maximum absolute atomic E-state index is 14.2. The summed E-state index contributed by atoms with van der Waals surface area (Å²) in [6.45, 7) is 0. The number of carbonyl (C=O) groups is 1. The lowest BCUT2D eigenvalue weighted by atomic mass is 9.96. The van der Waals surface area contributed by atoms with Crippen LogP contribution in [0.5, 0.6) is 0 Å². The van der Waals surface area contributed by atoms with E-state index in [1.807, 2.05) is 24.3 Å². The molecule has 0 unspecified atom stereocenters. The zero-order chi connectivity index (χ0) is 18.5. The average molecular weight is 571 g/mol. The molecule has 0 radical (unpaired) electrons. The van der Waals surface area contributed by atoms with Gasteiger partial charge in [-0.25, -0.2) is 4.39 Å². The molecule has 0 saturated carbocycles. The van der Waals surface area contributed by atoms with Crippen molar-refractivity contribution in [1.82, 2.24) is 4.98 Å². The highest BCUT2D eigenvalue weighted by molar-refractivity contribution is 14.1. The number of ketones is 1. The first kappa shape index (κ1) is 19.4. The fraction of sp³-hybridized carbons (Fsp3) is 0.143. The Kier molecular flexibility index (Phi) is 6.74. The SMILES string of the molecule is O=C(CCc1cccc(I)c1)c1ccncc1Cc1ccc(I)cc1F. The third-order valence-corrected chi connectivity index (χ3v) is 5.47. The molecule has 0 N–H and O–H groups in total. The molecule has 0 fully saturated rings. The Morgan fingerprint density at radius 2 is 1.81 bits per heavy atom. The van der Waals surface area contributed by atoms with Gasteiger partial charge in [-0.05, 0) is 98.6 Å². The van der Waals surface area contributed by atoms with Crippen LogP contribution >= 0.6 is 45.2 Å². The van der Waals surface area contributed by atoms with Crippen molar-refractivity contribution in [2.24, 2.45) is 0 Å². The van der Waals surface area contributed by atoms with Crippen LogP contribution in [0, 0.1) is 13.0 Å². The predicted molar refractivity (Wildman–Crippen MR) is 118 cm³/mol. The lowest BCUT2D eigenvalue weighted by Crippen LogP contribution is -2.07. The first-order chi connectivity index (χ1) is 12.5. The summed E-state index contributed by atoms with van der Waals surface area (Å²) >= 11 is 4.35. The second-order valence-electron chi connectivity index (χ2n) is 6.00. The van der Waals surface area contributed by atoms with Crippen LogP contribution in [0.4, 0.5) is 4.39 Å². The van der Waals surface area contributed by atoms with Crippen molar-refractivity contribution in [3.8, 4) is 0 Å². The summed E-state index contributed by atoms with van der Waals surface area (Å²) in [5.41, 5.74) is 3.11. The zero-order valence-corrected chi connectivity index (χ0v) is 18.2. The van der Waals surface area contributed by atoms with Gasteiger partial charge < -0.3 is 0 Å². The molecule has 0 spiro atoms. The first-order valence-corrected chi connectivity index (χ1v) is 10.3. The van der Waals surface area contributed by atoms with Gasteiger partial charge >= 0.3 is 0 Å². The second-order valence-corrected chi connectivity index (χ2v) is 8.49. The van der Waals surface area contributed by atoms with Gasteiger partial charge in [-0.2, -0.15) is 0 Å². The van der Waals surface area contributed by atoms with Crippen molar-refractivity contribution in [2.75, 3.05) is 0 Å². The largest absolute Gasteiger partial charge is 0.294 e. The van der Waals surface area contributed by atoms with Gasteiger partial charge in [0.15, 0.2) is 5.78 Å². The molecule has 2 nitrogen and oxygen atoms in total. The lowest BCUT2D eigenvalue weighted by Gasteiger charge is -2.10. The number of benzene rings is 2. The Balaban J connectivity index is 1.76. The summed E-state index contributed by atoms with van der Waals surface area (Å²) in [6.07, 6.45) is 4.76. The molecule has 0 aliphatic carbocycles. The van der Waals surface area contributed by atoms with E-state index in [4.69, 9.17) is 0 Å². The van der Waals surface area contributed by atoms with E-state index >= 15 is 0 Å². The van der Waals surface area contributed by atoms with Gasteiger partial charge in [-0.3, -0.25) is 9.78 Å². The molecule has 2 aromatic carbocycles. The molecular weight excluding hydrogens is 555 g/mol. The fourth-order valence-electron chi connectivity index (χ4n) is 2.80. The minimum Gasteiger partial charge on any atom is -0.294 e. The monoisotopic (exact) mass is 571 g/mol. The van der Waals surface area contributed by atoms with Crippen molar-refractivity contribution in [3.05, 3.63) is 96.1 Å². The molecule has 0 amide bonds. The summed E-state index contributed by atoms with van der Waals surface area (Å²) in [5, 5.41) is 0. The van der Waals surface area contributed by atoms with Crippen LogP contribution in [0.3, 0.4) is 0 Å². The first-order valence-electron chi connectivity index (χ1n) is 8.17. The highest BCUT2D eigenvalue weighted by Gasteiger charge is 2.14. The van der Waals surface area contributed by atoms with Crippen LogP contribution in [0.25, 0.3) is 0 Å². The molecule has 5 heteroatoms. The van der Waals surface area contributed by atoms with E-state index in [0.717, 1.165) is 18.3 Å². The molecule has 26 heavy (non-hydrogen) atoms. The molecule has 1 aromatic heterocycles. The zero-order valence-electron chi connectivity index (χ0n) is 13.9. The average Bonchev–Trinajstić information content (AvgIpc) is 2.62. The molecule has 0 saturated heterocycles. The quantitative estimate of drug-likeness (QED) is 0.275. The van der Waals surface area contributed by atoms with Gasteiger partial charge in [0.1, 0.15) is 5.82 Å². The molecule has 0 aliphatic heterocycles. The van der Waals surface area contributed by atoms with E-state index in [1.165, 1.54) is 6.07 Å². The number of aryl methyl sites for hydroxylation is 1. The van der Waals surface area contributed by atoms with Gasteiger partial charge in [0.05, 0.1) is 0 Å². The standard InChI is InChI=1S/C21H16FI2NO/c22-20-12-18(24)6-5-15(20)11-16-13-25-9-8-19(16)21(26)7-4-14-2-1-3-17(23)10-14/h1-3,5-6,8-10,12-13H,4,7,11H2. The van der Waals surface area contributed by atoms with Crippen LogP contribution in [0.2, 0.25) is 0 Å². The molecule has 1 heterocycles. The number of rotatable bonds is 6. The van der Waals surface area contributed by atoms with E-state index in [1.54, 1.807) is 24.5 Å². The molecular formula is C21H16FI2NO. The van der Waals surface area contributed by atoms with Crippen LogP contribution in [0.15, 0.2) is 60.9 Å². The molecule has 3 rings (SSSR count). The van der Waals surface area contributed by atoms with Crippen molar-refractivity contribution in [3.63, 3.8) is 0 Å². The molecule has 0 aliphatic rings. The maximum Gasteiger partial charge on any atom is 0.163 e. The lowest BCUT2D eigenvalue weighted by molar-refractivity contribution is 0.0982. The van der Waals surface area contributed by atoms with Gasteiger partial charge in [0.2, 0.25) is 0 Å². The minimum absolute atomic E-state index is 0.0622. The van der Waals surface area contributed by atoms with Crippen LogP contribution < -0.4 is 0 Å². The second kappa shape index (κ2) is 9.03. The number of Topliss-reactive ketones (excluding diaryl/α,β-unsaturated/α-hetero) is 1. The Labute approximate surface area is 179 Å². The van der Waals surface area contributed by atoms with E-state index < -0.39 is 0 Å². The van der Waals surface area contributed by atoms with Crippen LogP contribution in [-0.2, 0) is 12.8 Å². The van der Waals surface area contributed by atoms with Crippen molar-refractivity contribution >= 4 is 51.0 Å². The predicted octanol–water partition coefficient (Wildman–Crippen LogP) is 5.84. The van der Waals surface area contributed by atoms with Gasteiger partial charge in [-0.1, -0.05) is 18.2 Å². The third-order valence-electron chi connectivity index (χ3n) is 4.13. The number of nitrogens with zero attached hydrogens (tertiary/aromatic N) is 1. The summed E-state index contributed by atoms with van der Waals surface area (Å²) in [5.74, 6) is -0.190. The Morgan fingerprint density at radius 1 is 1.00 bits per heavy atom. The molecule has 132 valence electrons. The van der Waals surface area contributed by atoms with E-state index in [-0.39, 0.29) is 11.6 Å². The highest BCUT2D eigenvalue weighted by atomic mass is 127. The third kappa shape index (κ3) is 5.09. The summed E-state index contributed by atoms with van der Waals surface area (Å²) in [7, 11) is 0. The Hall–Kier alpha value is -1.35. The smallest absolute Gasteiger partial charge is 0.163 e. The number of carbonyl (C=O) groups excluding carboxylic acids is 1. The van der Waals surface area contributed by atoms with E-state index in [2.05, 4.69) is 56.2 Å². The van der Waals surface area contributed by atoms with Crippen molar-refractivity contribution < 1.29 is 9.18 Å². The summed E-state index contributed by atoms with van der Waals surface area (Å²) < 4.78 is 16.2. The van der Waals surface area contributed by atoms with Gasteiger partial charge in [0, 0.05) is 37.9 Å². The number of pyridine rings is 1. The van der Waals surface area contributed by atoms with Gasteiger partial charge in [0.25, 0.3) is 0 Å². The number of aromatic nitrogens is 1. The summed E-state index contributed by atoms with van der Waals surface area (Å²) in [6, 6.07) is 15.0. The van der Waals surface area contributed by atoms with Crippen LogP contribution in [-0.4, -0.2) is 10.8 Å². The van der Waals surface area contributed by atoms with Crippen molar-refractivity contribution in [2.45, 2.75) is 19.3 Å². The van der Waals surface area contributed by atoms with E-state index in [0.29, 0.717) is 30.4 Å². The Morgan fingerprint density at radius 3 is 2.58 bits per heavy atom. The molecule has 3 aromatic rings. The van der Waals surface area contributed by atoms with Crippen molar-refractivity contribution in [1.29, 1.82) is 0 Å². The normalized spacial score (nSPS) is 10.7. The number of hydrogen-bond donors (Lipinski definition) is 0. The summed E-state index contributed by atoms with van der Waals surface area (Å²) in [4.78, 5) is 16.9. The van der Waals surface area contributed by atoms with E-state index in [9.17, 15) is 9.18 Å². The Bertz CT molecular complexity index is 943. The maximum atomic E-state index is 14.2.